The molecule has 1 atom stereocenters. The zero-order valence-corrected chi connectivity index (χ0v) is 10.7. The zero-order chi connectivity index (χ0) is 12.0. The average molecular weight is 253 g/mol. The van der Waals surface area contributed by atoms with Crippen molar-refractivity contribution in [3.63, 3.8) is 0 Å². The predicted octanol–water partition coefficient (Wildman–Crippen LogP) is 2.33. The number of methoxy groups -OCH3 is 1. The molecule has 1 saturated carbocycles. The van der Waals surface area contributed by atoms with E-state index in [9.17, 15) is 0 Å². The molecule has 1 unspecified atom stereocenters. The van der Waals surface area contributed by atoms with Crippen molar-refractivity contribution < 1.29 is 4.74 Å². The molecular weight excluding hydrogens is 236 g/mol. The minimum absolute atomic E-state index is 0.264. The lowest BCUT2D eigenvalue weighted by atomic mass is 10.0. The summed E-state index contributed by atoms with van der Waals surface area (Å²) in [4.78, 5) is 2.47. The first-order chi connectivity index (χ1) is 8.26. The first-order valence-electron chi connectivity index (χ1n) is 6.07. The number of nitrogens with zero attached hydrogens (tertiary/aromatic N) is 1. The van der Waals surface area contributed by atoms with E-state index in [1.54, 1.807) is 7.11 Å². The monoisotopic (exact) mass is 252 g/mol. The van der Waals surface area contributed by atoms with Gasteiger partial charge in [-0.25, -0.2) is 0 Å². The second-order valence-electron chi connectivity index (χ2n) is 4.80. The molecule has 0 bridgehead atoms. The molecule has 0 spiro atoms. The molecular formula is C13H17ClN2O. The van der Waals surface area contributed by atoms with E-state index in [0.29, 0.717) is 12.6 Å². The van der Waals surface area contributed by atoms with Crippen molar-refractivity contribution in [2.75, 3.05) is 13.7 Å². The number of halogens is 1. The van der Waals surface area contributed by atoms with Crippen LogP contribution in [0.3, 0.4) is 0 Å². The first-order valence-corrected chi connectivity index (χ1v) is 6.45. The Morgan fingerprint density at radius 3 is 2.82 bits per heavy atom. The Morgan fingerprint density at radius 2 is 2.24 bits per heavy atom. The summed E-state index contributed by atoms with van der Waals surface area (Å²) in [6.07, 6.45) is 2.56. The molecule has 1 aliphatic heterocycles. The van der Waals surface area contributed by atoms with Gasteiger partial charge in [-0.15, -0.1) is 0 Å². The fourth-order valence-electron chi connectivity index (χ4n) is 2.83. The van der Waals surface area contributed by atoms with Crippen molar-refractivity contribution in [1.29, 1.82) is 0 Å². The SMILES string of the molecule is COc1ccc(Cl)c2c1CN(C1CC1)C2CN. The van der Waals surface area contributed by atoms with Crippen molar-refractivity contribution in [2.24, 2.45) is 5.73 Å². The highest BCUT2D eigenvalue weighted by atomic mass is 35.5. The molecule has 92 valence electrons. The minimum atomic E-state index is 0.264. The standard InChI is InChI=1S/C13H17ClN2O/c1-17-12-5-4-10(14)13-9(12)7-16(8-2-3-8)11(13)6-15/h4-5,8,11H,2-3,6-7,15H2,1H3. The van der Waals surface area contributed by atoms with Crippen LogP contribution in [0.15, 0.2) is 12.1 Å². The Bertz CT molecular complexity index is 445. The van der Waals surface area contributed by atoms with Crippen LogP contribution in [-0.4, -0.2) is 24.6 Å². The van der Waals surface area contributed by atoms with Crippen molar-refractivity contribution in [3.05, 3.63) is 28.3 Å². The number of nitrogens with two attached hydrogens (primary N) is 1. The summed E-state index contributed by atoms with van der Waals surface area (Å²) < 4.78 is 5.43. The highest BCUT2D eigenvalue weighted by Gasteiger charge is 2.41. The molecule has 0 saturated heterocycles. The lowest BCUT2D eigenvalue weighted by molar-refractivity contribution is 0.208. The van der Waals surface area contributed by atoms with E-state index in [0.717, 1.165) is 17.3 Å². The topological polar surface area (TPSA) is 38.5 Å². The maximum absolute atomic E-state index is 6.32. The Morgan fingerprint density at radius 1 is 1.47 bits per heavy atom. The van der Waals surface area contributed by atoms with Crippen LogP contribution in [0.25, 0.3) is 0 Å². The summed E-state index contributed by atoms with van der Waals surface area (Å²) in [5, 5.41) is 0.819. The summed E-state index contributed by atoms with van der Waals surface area (Å²) in [6.45, 7) is 1.54. The number of benzene rings is 1. The van der Waals surface area contributed by atoms with E-state index in [2.05, 4.69) is 4.90 Å². The maximum Gasteiger partial charge on any atom is 0.123 e. The van der Waals surface area contributed by atoms with Crippen LogP contribution >= 0.6 is 11.6 Å². The molecule has 4 heteroatoms. The van der Waals surface area contributed by atoms with E-state index in [-0.39, 0.29) is 6.04 Å². The molecule has 1 aromatic carbocycles. The lowest BCUT2D eigenvalue weighted by Gasteiger charge is -2.23. The van der Waals surface area contributed by atoms with E-state index >= 15 is 0 Å². The Kier molecular flexibility index (Phi) is 2.77. The van der Waals surface area contributed by atoms with Gasteiger partial charge in [-0.2, -0.15) is 0 Å². The fraction of sp³-hybridized carbons (Fsp3) is 0.538. The van der Waals surface area contributed by atoms with Gasteiger partial charge in [-0.3, -0.25) is 4.90 Å². The van der Waals surface area contributed by atoms with Crippen LogP contribution in [0.5, 0.6) is 5.75 Å². The quantitative estimate of drug-likeness (QED) is 0.897. The smallest absolute Gasteiger partial charge is 0.123 e. The minimum Gasteiger partial charge on any atom is -0.496 e. The number of fused-ring (bicyclic) bond motifs is 1. The van der Waals surface area contributed by atoms with E-state index in [1.165, 1.54) is 24.0 Å². The number of hydrogen-bond acceptors (Lipinski definition) is 3. The van der Waals surface area contributed by atoms with Crippen LogP contribution in [0, 0.1) is 0 Å². The van der Waals surface area contributed by atoms with Gasteiger partial charge < -0.3 is 10.5 Å². The van der Waals surface area contributed by atoms with E-state index < -0.39 is 0 Å². The predicted molar refractivity (Wildman–Crippen MR) is 68.4 cm³/mol. The molecule has 1 aliphatic carbocycles. The van der Waals surface area contributed by atoms with Gasteiger partial charge in [0, 0.05) is 35.8 Å². The van der Waals surface area contributed by atoms with Crippen LogP contribution in [-0.2, 0) is 6.54 Å². The Balaban J connectivity index is 2.06. The second-order valence-corrected chi connectivity index (χ2v) is 5.20. The molecule has 1 heterocycles. The summed E-state index contributed by atoms with van der Waals surface area (Å²) >= 11 is 6.32. The van der Waals surface area contributed by atoms with Crippen molar-refractivity contribution in [1.82, 2.24) is 4.90 Å². The Hall–Kier alpha value is -0.770. The van der Waals surface area contributed by atoms with Gasteiger partial charge in [-0.05, 0) is 30.5 Å². The molecule has 0 radical (unpaired) electrons. The number of rotatable bonds is 3. The van der Waals surface area contributed by atoms with Gasteiger partial charge in [0.2, 0.25) is 0 Å². The third-order valence-electron chi connectivity index (χ3n) is 3.79. The normalized spacial score (nSPS) is 23.8. The summed E-state index contributed by atoms with van der Waals surface area (Å²) in [7, 11) is 1.71. The third kappa shape index (κ3) is 1.73. The average Bonchev–Trinajstić information content (AvgIpc) is 3.10. The summed E-state index contributed by atoms with van der Waals surface area (Å²) in [5.74, 6) is 0.936. The highest BCUT2D eigenvalue weighted by molar-refractivity contribution is 6.31. The van der Waals surface area contributed by atoms with Crippen LogP contribution in [0.2, 0.25) is 5.02 Å². The Labute approximate surface area is 106 Å². The molecule has 3 nitrogen and oxygen atoms in total. The van der Waals surface area contributed by atoms with Crippen molar-refractivity contribution in [2.45, 2.75) is 31.5 Å². The molecule has 1 aromatic rings. The summed E-state index contributed by atoms with van der Waals surface area (Å²) in [5.41, 5.74) is 8.33. The van der Waals surface area contributed by atoms with E-state index in [1.807, 2.05) is 12.1 Å². The van der Waals surface area contributed by atoms with Gasteiger partial charge >= 0.3 is 0 Å². The molecule has 2 N–H and O–H groups in total. The van der Waals surface area contributed by atoms with E-state index in [4.69, 9.17) is 22.1 Å². The van der Waals surface area contributed by atoms with Gasteiger partial charge in [-0.1, -0.05) is 11.6 Å². The van der Waals surface area contributed by atoms with Gasteiger partial charge in [0.1, 0.15) is 5.75 Å². The van der Waals surface area contributed by atoms with Gasteiger partial charge in [0.15, 0.2) is 0 Å². The third-order valence-corrected chi connectivity index (χ3v) is 4.12. The van der Waals surface area contributed by atoms with Gasteiger partial charge in [0.25, 0.3) is 0 Å². The van der Waals surface area contributed by atoms with Crippen LogP contribution in [0.4, 0.5) is 0 Å². The van der Waals surface area contributed by atoms with Gasteiger partial charge in [0.05, 0.1) is 7.11 Å². The molecule has 2 aliphatic rings. The zero-order valence-electron chi connectivity index (χ0n) is 9.95. The van der Waals surface area contributed by atoms with Crippen molar-refractivity contribution in [3.8, 4) is 5.75 Å². The molecule has 3 rings (SSSR count). The second kappa shape index (κ2) is 4.16. The van der Waals surface area contributed by atoms with Crippen LogP contribution in [0.1, 0.15) is 30.0 Å². The number of ether oxygens (including phenoxy) is 1. The number of hydrogen-bond donors (Lipinski definition) is 1. The first kappa shape index (κ1) is 11.3. The lowest BCUT2D eigenvalue weighted by Crippen LogP contribution is -2.29. The fourth-order valence-corrected chi connectivity index (χ4v) is 3.14. The highest BCUT2D eigenvalue weighted by Crippen LogP contribution is 2.46. The summed E-state index contributed by atoms with van der Waals surface area (Å²) in [6, 6.07) is 4.82. The molecule has 0 aromatic heterocycles. The largest absolute Gasteiger partial charge is 0.496 e. The van der Waals surface area contributed by atoms with Crippen LogP contribution < -0.4 is 10.5 Å². The maximum atomic E-state index is 6.32. The molecule has 17 heavy (non-hydrogen) atoms. The van der Waals surface area contributed by atoms with Crippen molar-refractivity contribution >= 4 is 11.6 Å². The molecule has 1 fully saturated rings. The molecule has 0 amide bonds.